The Labute approximate surface area is 213 Å². The van der Waals surface area contributed by atoms with Crippen LogP contribution in [0.1, 0.15) is 34.8 Å². The van der Waals surface area contributed by atoms with Crippen molar-refractivity contribution in [3.63, 3.8) is 0 Å². The maximum absolute atomic E-state index is 13.0. The number of hydrogen-bond donors (Lipinski definition) is 3. The molecule has 8 heteroatoms. The van der Waals surface area contributed by atoms with Crippen LogP contribution in [0.2, 0.25) is 0 Å². The predicted molar refractivity (Wildman–Crippen MR) is 144 cm³/mol. The number of carbonyl (C=O) groups excluding carboxylic acids is 2. The molecule has 34 heavy (non-hydrogen) atoms. The van der Waals surface area contributed by atoms with Crippen LogP contribution in [0.3, 0.4) is 0 Å². The summed E-state index contributed by atoms with van der Waals surface area (Å²) in [6, 6.07) is 20.7. The maximum Gasteiger partial charge on any atom is 0.261 e. The maximum atomic E-state index is 13.0. The predicted octanol–water partition coefficient (Wildman–Crippen LogP) is 5.85. The van der Waals surface area contributed by atoms with Crippen LogP contribution in [-0.4, -0.2) is 23.5 Å². The molecule has 0 fully saturated rings. The third-order valence-electron chi connectivity index (χ3n) is 5.08. The summed E-state index contributed by atoms with van der Waals surface area (Å²) in [6.45, 7) is 4.09. The number of thiocarbonyl (C=S) groups is 1. The van der Waals surface area contributed by atoms with E-state index in [0.29, 0.717) is 35.7 Å². The lowest BCUT2D eigenvalue weighted by molar-refractivity contribution is -0.115. The van der Waals surface area contributed by atoms with Gasteiger partial charge in [0.15, 0.2) is 5.11 Å². The quantitative estimate of drug-likeness (QED) is 0.312. The number of anilines is 2. The highest BCUT2D eigenvalue weighted by Crippen LogP contribution is 2.25. The molecule has 0 aliphatic rings. The van der Waals surface area contributed by atoms with Gasteiger partial charge in [-0.1, -0.05) is 59.3 Å². The second kappa shape index (κ2) is 12.3. The molecule has 0 spiro atoms. The number of rotatable bonds is 8. The zero-order chi connectivity index (χ0) is 24.5. The number of halogens is 1. The number of benzene rings is 3. The highest BCUT2D eigenvalue weighted by molar-refractivity contribution is 9.10. The van der Waals surface area contributed by atoms with E-state index in [4.69, 9.17) is 17.0 Å². The Kier molecular flexibility index (Phi) is 9.18. The Morgan fingerprint density at radius 1 is 0.971 bits per heavy atom. The highest BCUT2D eigenvalue weighted by atomic mass is 79.9. The van der Waals surface area contributed by atoms with Crippen LogP contribution in [0.4, 0.5) is 11.4 Å². The molecule has 6 nitrogen and oxygen atoms in total. The topological polar surface area (TPSA) is 79.5 Å². The van der Waals surface area contributed by atoms with Gasteiger partial charge >= 0.3 is 0 Å². The van der Waals surface area contributed by atoms with Gasteiger partial charge in [0, 0.05) is 28.7 Å². The fourth-order valence-corrected chi connectivity index (χ4v) is 3.76. The third kappa shape index (κ3) is 7.13. The average Bonchev–Trinajstić information content (AvgIpc) is 2.83. The largest absolute Gasteiger partial charge is 0.492 e. The lowest BCUT2D eigenvalue weighted by Gasteiger charge is -2.16. The second-order valence-corrected chi connectivity index (χ2v) is 8.84. The zero-order valence-corrected chi connectivity index (χ0v) is 21.4. The van der Waals surface area contributed by atoms with Crippen molar-refractivity contribution in [1.82, 2.24) is 5.32 Å². The molecular weight excluding hydrogens is 514 g/mol. The molecule has 3 aromatic carbocycles. The molecule has 2 amide bonds. The Bertz CT molecular complexity index is 1190. The Morgan fingerprint density at radius 3 is 2.38 bits per heavy atom. The van der Waals surface area contributed by atoms with Gasteiger partial charge in [0.05, 0.1) is 12.2 Å². The van der Waals surface area contributed by atoms with Crippen LogP contribution in [0.15, 0.2) is 71.2 Å². The lowest BCUT2D eigenvalue weighted by Crippen LogP contribution is -2.34. The van der Waals surface area contributed by atoms with Crippen molar-refractivity contribution in [2.24, 2.45) is 0 Å². The minimum absolute atomic E-state index is 0.0782. The molecule has 0 bridgehead atoms. The smallest absolute Gasteiger partial charge is 0.261 e. The molecule has 3 N–H and O–H groups in total. The van der Waals surface area contributed by atoms with Gasteiger partial charge in [-0.15, -0.1) is 0 Å². The molecule has 0 saturated heterocycles. The van der Waals surface area contributed by atoms with Gasteiger partial charge in [0.25, 0.3) is 5.91 Å². The van der Waals surface area contributed by atoms with E-state index in [1.54, 1.807) is 25.1 Å². The highest BCUT2D eigenvalue weighted by Gasteiger charge is 2.16. The first-order chi connectivity index (χ1) is 16.4. The first-order valence-electron chi connectivity index (χ1n) is 10.9. The summed E-state index contributed by atoms with van der Waals surface area (Å²) >= 11 is 8.78. The first kappa shape index (κ1) is 25.4. The SMILES string of the molecule is CCC(=O)Nc1cccc(NC(=S)NC(=O)c2cc(Br)ccc2OCCc2ccccc2)c1C. The Morgan fingerprint density at radius 2 is 1.68 bits per heavy atom. The van der Waals surface area contributed by atoms with E-state index >= 15 is 0 Å². The average molecular weight is 540 g/mol. The van der Waals surface area contributed by atoms with Crippen molar-refractivity contribution in [3.8, 4) is 5.75 Å². The van der Waals surface area contributed by atoms with Crippen LogP contribution in [0.25, 0.3) is 0 Å². The van der Waals surface area contributed by atoms with Gasteiger partial charge in [-0.2, -0.15) is 0 Å². The van der Waals surface area contributed by atoms with Crippen molar-refractivity contribution >= 4 is 56.4 Å². The van der Waals surface area contributed by atoms with Crippen molar-refractivity contribution < 1.29 is 14.3 Å². The van der Waals surface area contributed by atoms with Gasteiger partial charge in [-0.25, -0.2) is 0 Å². The standard InChI is InChI=1S/C26H26BrN3O3S/c1-3-24(31)28-21-10-7-11-22(17(21)2)29-26(34)30-25(32)20-16-19(27)12-13-23(20)33-15-14-18-8-5-4-6-9-18/h4-13,16H,3,14-15H2,1-2H3,(H,28,31)(H2,29,30,32,34). The fourth-order valence-electron chi connectivity index (χ4n) is 3.20. The van der Waals surface area contributed by atoms with Crippen molar-refractivity contribution in [3.05, 3.63) is 87.9 Å². The van der Waals surface area contributed by atoms with E-state index < -0.39 is 0 Å². The molecular formula is C26H26BrN3O3S. The van der Waals surface area contributed by atoms with Crippen molar-refractivity contribution in [1.29, 1.82) is 0 Å². The number of hydrogen-bond acceptors (Lipinski definition) is 4. The van der Waals surface area contributed by atoms with E-state index in [0.717, 1.165) is 22.0 Å². The van der Waals surface area contributed by atoms with Crippen LogP contribution in [0, 0.1) is 6.92 Å². The fraction of sp³-hybridized carbons (Fsp3) is 0.192. The molecule has 0 atom stereocenters. The summed E-state index contributed by atoms with van der Waals surface area (Å²) < 4.78 is 6.67. The van der Waals surface area contributed by atoms with Gasteiger partial charge < -0.3 is 15.4 Å². The number of carbonyl (C=O) groups is 2. The molecule has 3 rings (SSSR count). The minimum atomic E-state index is -0.387. The van der Waals surface area contributed by atoms with Gasteiger partial charge in [-0.05, 0) is 60.6 Å². The van der Waals surface area contributed by atoms with Crippen LogP contribution < -0.4 is 20.7 Å². The summed E-state index contributed by atoms with van der Waals surface area (Å²) in [4.78, 5) is 24.7. The number of nitrogens with one attached hydrogen (secondary N) is 3. The summed E-state index contributed by atoms with van der Waals surface area (Å²) in [6.07, 6.45) is 1.11. The van der Waals surface area contributed by atoms with Crippen LogP contribution >= 0.6 is 28.1 Å². The van der Waals surface area contributed by atoms with Crippen molar-refractivity contribution in [2.45, 2.75) is 26.7 Å². The molecule has 0 aromatic heterocycles. The molecule has 0 aliphatic heterocycles. The lowest BCUT2D eigenvalue weighted by atomic mass is 10.1. The number of amides is 2. The Balaban J connectivity index is 1.66. The normalized spacial score (nSPS) is 10.3. The van der Waals surface area contributed by atoms with Gasteiger partial charge in [0.1, 0.15) is 5.75 Å². The van der Waals surface area contributed by atoms with Crippen molar-refractivity contribution in [2.75, 3.05) is 17.2 Å². The Hall–Kier alpha value is -3.23. The first-order valence-corrected chi connectivity index (χ1v) is 12.1. The summed E-state index contributed by atoms with van der Waals surface area (Å²) in [5.41, 5.74) is 3.71. The number of ether oxygens (including phenoxy) is 1. The van der Waals surface area contributed by atoms with E-state index in [-0.39, 0.29) is 16.9 Å². The van der Waals surface area contributed by atoms with Gasteiger partial charge in [-0.3, -0.25) is 14.9 Å². The molecule has 0 saturated carbocycles. The molecule has 0 aliphatic carbocycles. The molecule has 176 valence electrons. The summed E-state index contributed by atoms with van der Waals surface area (Å²) in [5.74, 6) is 0.00655. The monoisotopic (exact) mass is 539 g/mol. The summed E-state index contributed by atoms with van der Waals surface area (Å²) in [7, 11) is 0. The van der Waals surface area contributed by atoms with Gasteiger partial charge in [0.2, 0.25) is 5.91 Å². The van der Waals surface area contributed by atoms with E-state index in [9.17, 15) is 9.59 Å². The van der Waals surface area contributed by atoms with Crippen LogP contribution in [-0.2, 0) is 11.2 Å². The van der Waals surface area contributed by atoms with E-state index in [1.807, 2.05) is 55.5 Å². The van der Waals surface area contributed by atoms with Crippen LogP contribution in [0.5, 0.6) is 5.75 Å². The second-order valence-electron chi connectivity index (χ2n) is 7.51. The van der Waals surface area contributed by atoms with E-state index in [2.05, 4.69) is 31.9 Å². The molecule has 0 radical (unpaired) electrons. The molecule has 3 aromatic rings. The molecule has 0 heterocycles. The summed E-state index contributed by atoms with van der Waals surface area (Å²) in [5, 5.41) is 8.74. The van der Waals surface area contributed by atoms with E-state index in [1.165, 1.54) is 0 Å². The minimum Gasteiger partial charge on any atom is -0.492 e. The molecule has 0 unspecified atom stereocenters. The zero-order valence-electron chi connectivity index (χ0n) is 19.0. The third-order valence-corrected chi connectivity index (χ3v) is 5.78.